The van der Waals surface area contributed by atoms with Crippen LogP contribution < -0.4 is 0 Å². The van der Waals surface area contributed by atoms with E-state index in [2.05, 4.69) is 17.8 Å². The van der Waals surface area contributed by atoms with Gasteiger partial charge in [0.05, 0.1) is 6.10 Å². The fourth-order valence-electron chi connectivity index (χ4n) is 1.78. The van der Waals surface area contributed by atoms with Crippen LogP contribution in [0.25, 0.3) is 0 Å². The molecule has 0 saturated heterocycles. The SMILES string of the molecule is C#CC[C@@H](O)c1ccccc1C#Cc1ccccc1. The molecule has 0 spiro atoms. The van der Waals surface area contributed by atoms with E-state index in [1.54, 1.807) is 0 Å². The van der Waals surface area contributed by atoms with E-state index in [0.29, 0.717) is 6.42 Å². The second kappa shape index (κ2) is 6.45. The molecule has 0 fully saturated rings. The largest absolute Gasteiger partial charge is 0.387 e. The zero-order valence-corrected chi connectivity index (χ0v) is 10.5. The molecule has 0 unspecified atom stereocenters. The molecule has 0 bridgehead atoms. The van der Waals surface area contributed by atoms with Crippen molar-refractivity contribution >= 4 is 0 Å². The van der Waals surface area contributed by atoms with E-state index in [4.69, 9.17) is 6.42 Å². The average Bonchev–Trinajstić information content (AvgIpc) is 2.47. The van der Waals surface area contributed by atoms with Gasteiger partial charge in [0.15, 0.2) is 0 Å². The van der Waals surface area contributed by atoms with Gasteiger partial charge in [-0.3, -0.25) is 0 Å². The minimum atomic E-state index is -0.661. The normalized spacial score (nSPS) is 10.9. The molecule has 1 N–H and O–H groups in total. The number of hydrogen-bond donors (Lipinski definition) is 1. The molecule has 0 aliphatic carbocycles. The summed E-state index contributed by atoms with van der Waals surface area (Å²) in [6.07, 6.45) is 4.87. The highest BCUT2D eigenvalue weighted by Crippen LogP contribution is 2.19. The van der Waals surface area contributed by atoms with Crippen LogP contribution in [0.4, 0.5) is 0 Å². The Balaban J connectivity index is 2.32. The van der Waals surface area contributed by atoms with Crippen molar-refractivity contribution in [3.63, 3.8) is 0 Å². The predicted molar refractivity (Wildman–Crippen MR) is 77.3 cm³/mol. The van der Waals surface area contributed by atoms with Crippen LogP contribution >= 0.6 is 0 Å². The van der Waals surface area contributed by atoms with Gasteiger partial charge in [-0.15, -0.1) is 12.3 Å². The first kappa shape index (κ1) is 13.0. The number of aliphatic hydroxyl groups excluding tert-OH is 1. The molecule has 0 heterocycles. The van der Waals surface area contributed by atoms with Crippen molar-refractivity contribution in [3.8, 4) is 24.2 Å². The van der Waals surface area contributed by atoms with Gasteiger partial charge in [0, 0.05) is 17.5 Å². The summed E-state index contributed by atoms with van der Waals surface area (Å²) in [6.45, 7) is 0. The maximum absolute atomic E-state index is 9.99. The van der Waals surface area contributed by atoms with Gasteiger partial charge in [0.2, 0.25) is 0 Å². The van der Waals surface area contributed by atoms with E-state index in [0.717, 1.165) is 16.7 Å². The second-order valence-electron chi connectivity index (χ2n) is 4.13. The third-order valence-corrected chi connectivity index (χ3v) is 2.75. The van der Waals surface area contributed by atoms with Crippen LogP contribution in [0.15, 0.2) is 54.6 Å². The second-order valence-corrected chi connectivity index (χ2v) is 4.13. The highest BCUT2D eigenvalue weighted by molar-refractivity contribution is 5.47. The van der Waals surface area contributed by atoms with E-state index in [-0.39, 0.29) is 0 Å². The number of terminal acetylenes is 1. The Labute approximate surface area is 113 Å². The van der Waals surface area contributed by atoms with Gasteiger partial charge in [-0.25, -0.2) is 0 Å². The van der Waals surface area contributed by atoms with Crippen LogP contribution in [0, 0.1) is 24.2 Å². The maximum Gasteiger partial charge on any atom is 0.0911 e. The minimum absolute atomic E-state index is 0.296. The highest BCUT2D eigenvalue weighted by atomic mass is 16.3. The van der Waals surface area contributed by atoms with Gasteiger partial charge in [-0.2, -0.15) is 0 Å². The zero-order chi connectivity index (χ0) is 13.5. The van der Waals surface area contributed by atoms with Gasteiger partial charge in [-0.05, 0) is 23.8 Å². The fourth-order valence-corrected chi connectivity index (χ4v) is 1.78. The van der Waals surface area contributed by atoms with Crippen molar-refractivity contribution in [3.05, 3.63) is 71.3 Å². The molecule has 1 atom stereocenters. The van der Waals surface area contributed by atoms with Crippen LogP contribution in [0.3, 0.4) is 0 Å². The van der Waals surface area contributed by atoms with Crippen LogP contribution in [-0.4, -0.2) is 5.11 Å². The quantitative estimate of drug-likeness (QED) is 0.807. The molecule has 0 aromatic heterocycles. The molecule has 0 radical (unpaired) electrons. The molecule has 2 rings (SSSR count). The maximum atomic E-state index is 9.99. The molecule has 92 valence electrons. The van der Waals surface area contributed by atoms with Crippen molar-refractivity contribution in [2.45, 2.75) is 12.5 Å². The van der Waals surface area contributed by atoms with Crippen molar-refractivity contribution in [1.82, 2.24) is 0 Å². The topological polar surface area (TPSA) is 20.2 Å². The van der Waals surface area contributed by atoms with Crippen LogP contribution in [-0.2, 0) is 0 Å². The highest BCUT2D eigenvalue weighted by Gasteiger charge is 2.09. The van der Waals surface area contributed by atoms with Gasteiger partial charge < -0.3 is 5.11 Å². The smallest absolute Gasteiger partial charge is 0.0911 e. The van der Waals surface area contributed by atoms with Crippen molar-refractivity contribution < 1.29 is 5.11 Å². The Bertz CT molecular complexity index is 639. The summed E-state index contributed by atoms with van der Waals surface area (Å²) in [6, 6.07) is 17.3. The van der Waals surface area contributed by atoms with Crippen LogP contribution in [0.5, 0.6) is 0 Å². The third kappa shape index (κ3) is 3.49. The molecule has 19 heavy (non-hydrogen) atoms. The molecule has 1 nitrogen and oxygen atoms in total. The molecule has 0 saturated carbocycles. The Morgan fingerprint density at radius 1 is 0.947 bits per heavy atom. The molecule has 0 amide bonds. The third-order valence-electron chi connectivity index (χ3n) is 2.75. The van der Waals surface area contributed by atoms with Crippen LogP contribution in [0.1, 0.15) is 29.2 Å². The van der Waals surface area contributed by atoms with E-state index >= 15 is 0 Å². The van der Waals surface area contributed by atoms with Crippen molar-refractivity contribution in [1.29, 1.82) is 0 Å². The lowest BCUT2D eigenvalue weighted by Gasteiger charge is -2.09. The molecule has 1 heteroatoms. The number of rotatable bonds is 2. The van der Waals surface area contributed by atoms with Gasteiger partial charge in [-0.1, -0.05) is 48.2 Å². The summed E-state index contributed by atoms with van der Waals surface area (Å²) < 4.78 is 0. The molecule has 0 aliphatic rings. The lowest BCUT2D eigenvalue weighted by atomic mass is 10.0. The summed E-state index contributed by atoms with van der Waals surface area (Å²) in [5, 5.41) is 9.99. The van der Waals surface area contributed by atoms with Gasteiger partial charge in [0.1, 0.15) is 0 Å². The van der Waals surface area contributed by atoms with E-state index in [1.165, 1.54) is 0 Å². The van der Waals surface area contributed by atoms with E-state index in [9.17, 15) is 5.11 Å². The lowest BCUT2D eigenvalue weighted by molar-refractivity contribution is 0.184. The first-order chi connectivity index (χ1) is 9.31. The molecular formula is C18H14O. The van der Waals surface area contributed by atoms with Crippen molar-refractivity contribution in [2.24, 2.45) is 0 Å². The number of aliphatic hydroxyl groups is 1. The fraction of sp³-hybridized carbons (Fsp3) is 0.111. The minimum Gasteiger partial charge on any atom is -0.387 e. The Kier molecular flexibility index (Phi) is 4.40. The first-order valence-electron chi connectivity index (χ1n) is 6.09. The standard InChI is InChI=1S/C18H14O/c1-2-8-18(19)17-12-7-6-11-16(17)14-13-15-9-4-3-5-10-15/h1,3-7,9-12,18-19H,8H2/t18-/m1/s1. The van der Waals surface area contributed by atoms with E-state index < -0.39 is 6.10 Å². The Morgan fingerprint density at radius 3 is 2.37 bits per heavy atom. The number of hydrogen-bond acceptors (Lipinski definition) is 1. The predicted octanol–water partition coefficient (Wildman–Crippen LogP) is 3.14. The van der Waals surface area contributed by atoms with Crippen LogP contribution in [0.2, 0.25) is 0 Å². The monoisotopic (exact) mass is 246 g/mol. The molecule has 2 aromatic rings. The summed E-state index contributed by atoms with van der Waals surface area (Å²) in [5.74, 6) is 8.64. The van der Waals surface area contributed by atoms with Gasteiger partial charge in [0.25, 0.3) is 0 Å². The van der Waals surface area contributed by atoms with E-state index in [1.807, 2.05) is 54.6 Å². The zero-order valence-electron chi connectivity index (χ0n) is 10.5. The summed E-state index contributed by atoms with van der Waals surface area (Å²) in [7, 11) is 0. The first-order valence-corrected chi connectivity index (χ1v) is 6.09. The molecule has 2 aromatic carbocycles. The van der Waals surface area contributed by atoms with Crippen molar-refractivity contribution in [2.75, 3.05) is 0 Å². The Morgan fingerprint density at radius 2 is 1.63 bits per heavy atom. The lowest BCUT2D eigenvalue weighted by Crippen LogP contribution is -1.99. The summed E-state index contributed by atoms with van der Waals surface area (Å²) >= 11 is 0. The molecular weight excluding hydrogens is 232 g/mol. The van der Waals surface area contributed by atoms with Gasteiger partial charge >= 0.3 is 0 Å². The number of benzene rings is 2. The average molecular weight is 246 g/mol. The summed E-state index contributed by atoms with van der Waals surface area (Å²) in [5.41, 5.74) is 2.54. The molecule has 0 aliphatic heterocycles. The Hall–Kier alpha value is -2.48. The summed E-state index contributed by atoms with van der Waals surface area (Å²) in [4.78, 5) is 0.